The van der Waals surface area contributed by atoms with Crippen molar-refractivity contribution in [3.63, 3.8) is 0 Å². The fourth-order valence-corrected chi connectivity index (χ4v) is 2.52. The molecule has 1 unspecified atom stereocenters. The van der Waals surface area contributed by atoms with Crippen LogP contribution in [0, 0.1) is 6.92 Å². The first-order valence-corrected chi connectivity index (χ1v) is 6.35. The molecule has 0 aliphatic heterocycles. The molecule has 1 N–H and O–H groups in total. The van der Waals surface area contributed by atoms with Crippen molar-refractivity contribution in [2.45, 2.75) is 44.8 Å². The van der Waals surface area contributed by atoms with Crippen LogP contribution >= 0.6 is 0 Å². The highest BCUT2D eigenvalue weighted by Crippen LogP contribution is 2.34. The predicted octanol–water partition coefficient (Wildman–Crippen LogP) is 1.95. The summed E-state index contributed by atoms with van der Waals surface area (Å²) in [5.74, 6) is 0. The summed E-state index contributed by atoms with van der Waals surface area (Å²) >= 11 is 0. The van der Waals surface area contributed by atoms with Crippen molar-refractivity contribution in [3.05, 3.63) is 17.5 Å². The summed E-state index contributed by atoms with van der Waals surface area (Å²) in [7, 11) is 3.78. The molecule has 1 aromatic heterocycles. The first kappa shape index (κ1) is 12.6. The Morgan fingerprint density at radius 3 is 2.71 bits per heavy atom. The van der Waals surface area contributed by atoms with E-state index >= 15 is 0 Å². The van der Waals surface area contributed by atoms with Crippen LogP contribution in [0.1, 0.15) is 43.5 Å². The molecule has 1 aromatic rings. The molecule has 2 rings (SSSR count). The lowest BCUT2D eigenvalue weighted by atomic mass is 9.80. The quantitative estimate of drug-likeness (QED) is 0.850. The monoisotopic (exact) mass is 237 g/mol. The van der Waals surface area contributed by atoms with Gasteiger partial charge in [0.1, 0.15) is 0 Å². The van der Waals surface area contributed by atoms with E-state index in [1.807, 2.05) is 18.8 Å². The van der Waals surface area contributed by atoms with E-state index in [0.717, 1.165) is 12.2 Å². The first-order valence-electron chi connectivity index (χ1n) is 6.35. The van der Waals surface area contributed by atoms with Gasteiger partial charge in [-0.15, -0.1) is 0 Å². The van der Waals surface area contributed by atoms with E-state index in [0.29, 0.717) is 6.04 Å². The Morgan fingerprint density at radius 1 is 1.59 bits per heavy atom. The van der Waals surface area contributed by atoms with Gasteiger partial charge in [-0.1, -0.05) is 0 Å². The van der Waals surface area contributed by atoms with Crippen LogP contribution in [-0.4, -0.2) is 29.0 Å². The Kier molecular flexibility index (Phi) is 3.54. The van der Waals surface area contributed by atoms with Crippen LogP contribution in [0.25, 0.3) is 0 Å². The fraction of sp³-hybridized carbons (Fsp3) is 0.769. The lowest BCUT2D eigenvalue weighted by molar-refractivity contribution is -0.0706. The highest BCUT2D eigenvalue weighted by atomic mass is 16.5. The minimum absolute atomic E-state index is 0.0877. The summed E-state index contributed by atoms with van der Waals surface area (Å²) in [5, 5.41) is 7.94. The molecule has 0 saturated heterocycles. The smallest absolute Gasteiger partial charge is 0.0802 e. The molecule has 1 aliphatic carbocycles. The highest BCUT2D eigenvalue weighted by Gasteiger charge is 2.36. The molecule has 0 amide bonds. The largest absolute Gasteiger partial charge is 0.377 e. The third-order valence-electron chi connectivity index (χ3n) is 3.95. The predicted molar refractivity (Wildman–Crippen MR) is 68.0 cm³/mol. The molecule has 1 heterocycles. The van der Waals surface area contributed by atoms with Gasteiger partial charge in [-0.25, -0.2) is 0 Å². The summed E-state index contributed by atoms with van der Waals surface area (Å²) in [4.78, 5) is 0. The van der Waals surface area contributed by atoms with Gasteiger partial charge in [0.25, 0.3) is 0 Å². The van der Waals surface area contributed by atoms with Crippen LogP contribution in [0.5, 0.6) is 0 Å². The van der Waals surface area contributed by atoms with Crippen molar-refractivity contribution in [2.75, 3.05) is 13.7 Å². The van der Waals surface area contributed by atoms with E-state index in [9.17, 15) is 0 Å². The zero-order valence-electron chi connectivity index (χ0n) is 11.3. The van der Waals surface area contributed by atoms with E-state index in [1.54, 1.807) is 0 Å². The van der Waals surface area contributed by atoms with Crippen molar-refractivity contribution < 1.29 is 4.74 Å². The summed E-state index contributed by atoms with van der Waals surface area (Å²) in [6, 6.07) is 0.330. The average molecular weight is 237 g/mol. The molecule has 17 heavy (non-hydrogen) atoms. The van der Waals surface area contributed by atoms with Gasteiger partial charge in [0.15, 0.2) is 0 Å². The number of ether oxygens (including phenoxy) is 1. The molecule has 1 saturated carbocycles. The van der Waals surface area contributed by atoms with Crippen molar-refractivity contribution in [1.29, 1.82) is 0 Å². The van der Waals surface area contributed by atoms with Crippen LogP contribution in [-0.2, 0) is 11.8 Å². The lowest BCUT2D eigenvalue weighted by Gasteiger charge is -2.41. The van der Waals surface area contributed by atoms with Gasteiger partial charge in [-0.05, 0) is 33.1 Å². The molecule has 1 atom stereocenters. The number of hydrogen-bond donors (Lipinski definition) is 1. The van der Waals surface area contributed by atoms with Crippen molar-refractivity contribution >= 4 is 0 Å². The minimum atomic E-state index is 0.0877. The summed E-state index contributed by atoms with van der Waals surface area (Å²) in [6.45, 7) is 5.17. The molecule has 1 fully saturated rings. The third-order valence-corrected chi connectivity index (χ3v) is 3.95. The van der Waals surface area contributed by atoms with Crippen LogP contribution < -0.4 is 5.32 Å². The molecule has 1 aliphatic rings. The van der Waals surface area contributed by atoms with Crippen LogP contribution in [0.3, 0.4) is 0 Å². The molecule has 0 spiro atoms. The van der Waals surface area contributed by atoms with Gasteiger partial charge in [-0.2, -0.15) is 5.10 Å². The zero-order chi connectivity index (χ0) is 12.5. The second-order valence-electron chi connectivity index (χ2n) is 5.19. The second-order valence-corrected chi connectivity index (χ2v) is 5.19. The SMILES string of the molecule is COC1(CNC(C)c2cn(C)nc2C)CCC1. The average Bonchev–Trinajstić information content (AvgIpc) is 2.57. The number of aromatic nitrogens is 2. The number of aryl methyl sites for hydroxylation is 2. The number of nitrogens with one attached hydrogen (secondary N) is 1. The number of nitrogens with zero attached hydrogens (tertiary/aromatic N) is 2. The molecule has 0 radical (unpaired) electrons. The molecular weight excluding hydrogens is 214 g/mol. The van der Waals surface area contributed by atoms with Crippen LogP contribution in [0.2, 0.25) is 0 Å². The minimum Gasteiger partial charge on any atom is -0.377 e. The van der Waals surface area contributed by atoms with E-state index < -0.39 is 0 Å². The maximum Gasteiger partial charge on any atom is 0.0802 e. The standard InChI is InChI=1S/C13H23N3O/c1-10(12-8-16(3)15-11(12)2)14-9-13(17-4)6-5-7-13/h8,10,14H,5-7,9H2,1-4H3. The maximum absolute atomic E-state index is 5.61. The van der Waals surface area contributed by atoms with Gasteiger partial charge in [-0.3, -0.25) is 4.68 Å². The number of methoxy groups -OCH3 is 1. The van der Waals surface area contributed by atoms with Gasteiger partial charge >= 0.3 is 0 Å². The molecule has 96 valence electrons. The molecule has 0 aromatic carbocycles. The maximum atomic E-state index is 5.61. The van der Waals surface area contributed by atoms with Gasteiger partial charge in [0.2, 0.25) is 0 Å². The Hall–Kier alpha value is -0.870. The molecular formula is C13H23N3O. The summed E-state index contributed by atoms with van der Waals surface area (Å²) < 4.78 is 7.49. The Morgan fingerprint density at radius 2 is 2.29 bits per heavy atom. The van der Waals surface area contributed by atoms with Crippen molar-refractivity contribution in [1.82, 2.24) is 15.1 Å². The van der Waals surface area contributed by atoms with Gasteiger partial charge in [0, 0.05) is 38.5 Å². The Balaban J connectivity index is 1.93. The van der Waals surface area contributed by atoms with E-state index in [2.05, 4.69) is 30.5 Å². The van der Waals surface area contributed by atoms with Crippen LogP contribution in [0.4, 0.5) is 0 Å². The lowest BCUT2D eigenvalue weighted by Crippen LogP contribution is -2.48. The first-order chi connectivity index (χ1) is 8.06. The van der Waals surface area contributed by atoms with E-state index in [1.165, 1.54) is 24.8 Å². The number of hydrogen-bond acceptors (Lipinski definition) is 3. The fourth-order valence-electron chi connectivity index (χ4n) is 2.52. The Labute approximate surface area is 103 Å². The van der Waals surface area contributed by atoms with Crippen molar-refractivity contribution in [2.24, 2.45) is 7.05 Å². The number of rotatable bonds is 5. The normalized spacial score (nSPS) is 20.0. The van der Waals surface area contributed by atoms with E-state index in [-0.39, 0.29) is 5.60 Å². The van der Waals surface area contributed by atoms with Gasteiger partial charge in [0.05, 0.1) is 11.3 Å². The van der Waals surface area contributed by atoms with Gasteiger partial charge < -0.3 is 10.1 Å². The molecule has 4 heteroatoms. The molecule has 4 nitrogen and oxygen atoms in total. The topological polar surface area (TPSA) is 39.1 Å². The summed E-state index contributed by atoms with van der Waals surface area (Å²) in [6.07, 6.45) is 5.73. The van der Waals surface area contributed by atoms with Crippen LogP contribution in [0.15, 0.2) is 6.20 Å². The Bertz CT molecular complexity index is 377. The van der Waals surface area contributed by atoms with E-state index in [4.69, 9.17) is 4.74 Å². The summed E-state index contributed by atoms with van der Waals surface area (Å²) in [5.41, 5.74) is 2.47. The highest BCUT2D eigenvalue weighted by molar-refractivity contribution is 5.19. The van der Waals surface area contributed by atoms with Crippen molar-refractivity contribution in [3.8, 4) is 0 Å². The second kappa shape index (κ2) is 4.78. The molecule has 0 bridgehead atoms. The third kappa shape index (κ3) is 2.53. The zero-order valence-corrected chi connectivity index (χ0v) is 11.3.